The summed E-state index contributed by atoms with van der Waals surface area (Å²) in [6.07, 6.45) is 5.07. The summed E-state index contributed by atoms with van der Waals surface area (Å²) in [5, 5.41) is 19.2. The fraction of sp³-hybridized carbons (Fsp3) is 0.533. The highest BCUT2D eigenvalue weighted by atomic mass is 16.4. The third-order valence-corrected chi connectivity index (χ3v) is 4.04. The van der Waals surface area contributed by atoms with Gasteiger partial charge in [-0.3, -0.25) is 0 Å². The summed E-state index contributed by atoms with van der Waals surface area (Å²) in [5.41, 5.74) is 7.13. The number of aliphatic hydroxyl groups excluding tert-OH is 1. The molecule has 0 amide bonds. The molecule has 4 nitrogen and oxygen atoms in total. The van der Waals surface area contributed by atoms with Crippen LogP contribution in [0.4, 0.5) is 0 Å². The van der Waals surface area contributed by atoms with Crippen molar-refractivity contribution in [2.24, 2.45) is 11.7 Å². The van der Waals surface area contributed by atoms with E-state index in [0.29, 0.717) is 0 Å². The van der Waals surface area contributed by atoms with Gasteiger partial charge in [0.1, 0.15) is 0 Å². The molecule has 4 heteroatoms. The molecular formula is C15H21NO3. The summed E-state index contributed by atoms with van der Waals surface area (Å²) >= 11 is 0. The highest BCUT2D eigenvalue weighted by Gasteiger charge is 2.27. The zero-order valence-corrected chi connectivity index (χ0v) is 11.0. The fourth-order valence-electron chi connectivity index (χ4n) is 2.81. The number of nitrogens with two attached hydrogens (primary N) is 1. The number of carboxylic acid groups (broad SMARTS) is 1. The molecule has 0 spiro atoms. The lowest BCUT2D eigenvalue weighted by atomic mass is 9.81. The van der Waals surface area contributed by atoms with E-state index in [2.05, 4.69) is 0 Å². The highest BCUT2D eigenvalue weighted by Crippen LogP contribution is 2.31. The maximum atomic E-state index is 10.8. The maximum absolute atomic E-state index is 10.8. The van der Waals surface area contributed by atoms with Crippen LogP contribution in [0.5, 0.6) is 0 Å². The van der Waals surface area contributed by atoms with Crippen molar-refractivity contribution in [2.45, 2.75) is 44.2 Å². The van der Waals surface area contributed by atoms with Gasteiger partial charge in [-0.2, -0.15) is 0 Å². The van der Waals surface area contributed by atoms with E-state index in [1.54, 1.807) is 12.1 Å². The highest BCUT2D eigenvalue weighted by molar-refractivity contribution is 5.87. The smallest absolute Gasteiger partial charge is 0.335 e. The first kappa shape index (κ1) is 14.0. The van der Waals surface area contributed by atoms with E-state index in [1.165, 1.54) is 18.6 Å². The van der Waals surface area contributed by atoms with Crippen molar-refractivity contribution >= 4 is 5.97 Å². The van der Waals surface area contributed by atoms with Crippen molar-refractivity contribution in [1.82, 2.24) is 0 Å². The zero-order valence-electron chi connectivity index (χ0n) is 11.0. The van der Waals surface area contributed by atoms with Gasteiger partial charge in [0.25, 0.3) is 0 Å². The predicted molar refractivity (Wildman–Crippen MR) is 72.9 cm³/mol. The second-order valence-electron chi connectivity index (χ2n) is 5.34. The van der Waals surface area contributed by atoms with Crippen LogP contribution in [-0.4, -0.2) is 22.3 Å². The van der Waals surface area contributed by atoms with Crippen LogP contribution in [0.25, 0.3) is 0 Å². The summed E-state index contributed by atoms with van der Waals surface area (Å²) in [6.45, 7) is 0. The number of benzene rings is 1. The van der Waals surface area contributed by atoms with Crippen molar-refractivity contribution in [1.29, 1.82) is 0 Å². The minimum Gasteiger partial charge on any atom is -0.478 e. The molecule has 2 rings (SSSR count). The van der Waals surface area contributed by atoms with Crippen molar-refractivity contribution < 1.29 is 15.0 Å². The first-order chi connectivity index (χ1) is 9.09. The molecule has 0 aliphatic heterocycles. The minimum atomic E-state index is -0.951. The SMILES string of the molecule is N[C@@H](c1ccc(C(=O)O)cc1)[C@H](O)C1CCCCC1. The summed E-state index contributed by atoms with van der Waals surface area (Å²) in [7, 11) is 0. The van der Waals surface area contributed by atoms with E-state index >= 15 is 0 Å². The molecule has 4 N–H and O–H groups in total. The molecule has 1 aliphatic carbocycles. The van der Waals surface area contributed by atoms with Gasteiger partial charge < -0.3 is 15.9 Å². The average Bonchev–Trinajstić information content (AvgIpc) is 2.46. The molecule has 2 atom stereocenters. The second kappa shape index (κ2) is 6.17. The van der Waals surface area contributed by atoms with Gasteiger partial charge in [-0.1, -0.05) is 31.4 Å². The Morgan fingerprint density at radius 3 is 2.26 bits per heavy atom. The number of aliphatic hydroxyl groups is 1. The number of hydrogen-bond acceptors (Lipinski definition) is 3. The van der Waals surface area contributed by atoms with Gasteiger partial charge in [-0.15, -0.1) is 0 Å². The summed E-state index contributed by atoms with van der Waals surface area (Å²) in [6, 6.07) is 6.02. The Kier molecular flexibility index (Phi) is 4.56. The molecule has 0 radical (unpaired) electrons. The third-order valence-electron chi connectivity index (χ3n) is 4.04. The molecule has 1 fully saturated rings. The van der Waals surface area contributed by atoms with Gasteiger partial charge in [0, 0.05) is 0 Å². The van der Waals surface area contributed by atoms with Crippen LogP contribution in [0.3, 0.4) is 0 Å². The topological polar surface area (TPSA) is 83.6 Å². The van der Waals surface area contributed by atoms with E-state index in [9.17, 15) is 9.90 Å². The van der Waals surface area contributed by atoms with Crippen molar-refractivity contribution in [3.63, 3.8) is 0 Å². The van der Waals surface area contributed by atoms with Crippen LogP contribution in [0, 0.1) is 5.92 Å². The van der Waals surface area contributed by atoms with Gasteiger partial charge in [-0.05, 0) is 36.5 Å². The number of rotatable bonds is 4. The molecule has 0 unspecified atom stereocenters. The number of hydrogen-bond donors (Lipinski definition) is 3. The number of carboxylic acids is 1. The Labute approximate surface area is 113 Å². The molecule has 0 aromatic heterocycles. The monoisotopic (exact) mass is 263 g/mol. The summed E-state index contributed by atoms with van der Waals surface area (Å²) < 4.78 is 0. The largest absolute Gasteiger partial charge is 0.478 e. The standard InChI is InChI=1S/C15H21NO3/c16-13(14(17)11-4-2-1-3-5-11)10-6-8-12(9-7-10)15(18)19/h6-9,11,13-14,17H,1-5,16H2,(H,18,19)/t13-,14+/m0/s1. The molecule has 1 aliphatic rings. The summed E-state index contributed by atoms with van der Waals surface area (Å²) in [4.78, 5) is 10.8. The molecule has 0 saturated heterocycles. The first-order valence-corrected chi connectivity index (χ1v) is 6.86. The molecule has 1 aromatic rings. The van der Waals surface area contributed by atoms with Gasteiger partial charge in [0.2, 0.25) is 0 Å². The van der Waals surface area contributed by atoms with Crippen LogP contribution in [0.1, 0.15) is 54.1 Å². The zero-order chi connectivity index (χ0) is 13.8. The van der Waals surface area contributed by atoms with Gasteiger partial charge in [0.05, 0.1) is 17.7 Å². The fourth-order valence-corrected chi connectivity index (χ4v) is 2.81. The lowest BCUT2D eigenvalue weighted by Gasteiger charge is -2.30. The lowest BCUT2D eigenvalue weighted by molar-refractivity contribution is 0.0618. The van der Waals surface area contributed by atoms with Crippen molar-refractivity contribution in [2.75, 3.05) is 0 Å². The first-order valence-electron chi connectivity index (χ1n) is 6.86. The Morgan fingerprint density at radius 1 is 1.16 bits per heavy atom. The van der Waals surface area contributed by atoms with Crippen LogP contribution in [0.2, 0.25) is 0 Å². The Balaban J connectivity index is 2.05. The number of carbonyl (C=O) groups is 1. The van der Waals surface area contributed by atoms with E-state index in [4.69, 9.17) is 10.8 Å². The molecule has 19 heavy (non-hydrogen) atoms. The molecule has 0 heterocycles. The second-order valence-corrected chi connectivity index (χ2v) is 5.34. The van der Waals surface area contributed by atoms with E-state index < -0.39 is 18.1 Å². The molecule has 1 saturated carbocycles. The quantitative estimate of drug-likeness (QED) is 0.778. The predicted octanol–water partition coefficient (Wildman–Crippen LogP) is 2.33. The Bertz CT molecular complexity index is 424. The van der Waals surface area contributed by atoms with E-state index in [0.717, 1.165) is 31.2 Å². The van der Waals surface area contributed by atoms with E-state index in [-0.39, 0.29) is 11.5 Å². The minimum absolute atomic E-state index is 0.239. The van der Waals surface area contributed by atoms with Crippen LogP contribution in [-0.2, 0) is 0 Å². The van der Waals surface area contributed by atoms with Gasteiger partial charge in [0.15, 0.2) is 0 Å². The Hall–Kier alpha value is -1.39. The lowest BCUT2D eigenvalue weighted by Crippen LogP contribution is -2.34. The summed E-state index contributed by atoms with van der Waals surface area (Å²) in [5.74, 6) is -0.684. The normalized spacial score (nSPS) is 19.9. The number of aromatic carboxylic acids is 1. The van der Waals surface area contributed by atoms with E-state index in [1.807, 2.05) is 0 Å². The van der Waals surface area contributed by atoms with Crippen LogP contribution >= 0.6 is 0 Å². The van der Waals surface area contributed by atoms with Crippen molar-refractivity contribution in [3.8, 4) is 0 Å². The van der Waals surface area contributed by atoms with Gasteiger partial charge >= 0.3 is 5.97 Å². The molecule has 104 valence electrons. The third kappa shape index (κ3) is 3.33. The average molecular weight is 263 g/mol. The molecule has 0 bridgehead atoms. The molecular weight excluding hydrogens is 242 g/mol. The van der Waals surface area contributed by atoms with Gasteiger partial charge in [-0.25, -0.2) is 4.79 Å². The molecule has 1 aromatic carbocycles. The maximum Gasteiger partial charge on any atom is 0.335 e. The van der Waals surface area contributed by atoms with Crippen molar-refractivity contribution in [3.05, 3.63) is 35.4 Å². The Morgan fingerprint density at radius 2 is 1.74 bits per heavy atom. The van der Waals surface area contributed by atoms with Crippen LogP contribution < -0.4 is 5.73 Å². The van der Waals surface area contributed by atoms with Crippen LogP contribution in [0.15, 0.2) is 24.3 Å².